The molecule has 9 aromatic rings. The average molecular weight is 605 g/mol. The van der Waals surface area contributed by atoms with Gasteiger partial charge in [-0.05, 0) is 35.4 Å². The third-order valence-corrected chi connectivity index (χ3v) is 8.24. The highest BCUT2D eigenvalue weighted by atomic mass is 16.3. The smallest absolute Gasteiger partial charge is 0.164 e. The van der Waals surface area contributed by atoms with Gasteiger partial charge in [0.2, 0.25) is 0 Å². The zero-order valence-electron chi connectivity index (χ0n) is 24.9. The number of furan rings is 1. The van der Waals surface area contributed by atoms with Gasteiger partial charge in [0.05, 0.1) is 22.3 Å². The quantitative estimate of drug-likeness (QED) is 0.193. The standard InChI is InChI=1S/C40H24N6O/c1-3-8-27(9-4-1)38-44-39(28-10-5-2-6-11-28)46-40(45-38)29-16-13-25(14-17-29)30-18-15-26-19-20-32(43-33(26)22-30)34-23-36-31(24-42-34)37-35(47-36)12-7-21-41-37/h1-24H. The lowest BCUT2D eigenvalue weighted by molar-refractivity contribution is 0.668. The minimum Gasteiger partial charge on any atom is -0.454 e. The first-order valence-electron chi connectivity index (χ1n) is 15.3. The molecule has 9 rings (SSSR count). The minimum atomic E-state index is 0.624. The Kier molecular flexibility index (Phi) is 6.31. The number of benzene rings is 4. The zero-order chi connectivity index (χ0) is 31.2. The largest absolute Gasteiger partial charge is 0.454 e. The van der Waals surface area contributed by atoms with Gasteiger partial charge in [0.1, 0.15) is 11.1 Å². The summed E-state index contributed by atoms with van der Waals surface area (Å²) in [5.74, 6) is 1.90. The van der Waals surface area contributed by atoms with Crippen LogP contribution in [0, 0.1) is 0 Å². The van der Waals surface area contributed by atoms with E-state index in [0.29, 0.717) is 17.5 Å². The van der Waals surface area contributed by atoms with E-state index in [0.717, 1.165) is 72.2 Å². The van der Waals surface area contributed by atoms with Crippen molar-refractivity contribution >= 4 is 33.0 Å². The topological polar surface area (TPSA) is 90.5 Å². The molecule has 0 aliphatic heterocycles. The van der Waals surface area contributed by atoms with Crippen LogP contribution < -0.4 is 0 Å². The van der Waals surface area contributed by atoms with Crippen LogP contribution in [0.2, 0.25) is 0 Å². The van der Waals surface area contributed by atoms with E-state index in [4.69, 9.17) is 29.3 Å². The van der Waals surface area contributed by atoms with Crippen molar-refractivity contribution in [2.24, 2.45) is 0 Å². The van der Waals surface area contributed by atoms with Gasteiger partial charge < -0.3 is 4.42 Å². The Morgan fingerprint density at radius 3 is 1.74 bits per heavy atom. The average Bonchev–Trinajstić information content (AvgIpc) is 3.53. The molecule has 4 aromatic carbocycles. The number of hydrogen-bond acceptors (Lipinski definition) is 7. The molecule has 7 heteroatoms. The van der Waals surface area contributed by atoms with Gasteiger partial charge in [0.25, 0.3) is 0 Å². The van der Waals surface area contributed by atoms with Crippen LogP contribution in [0.25, 0.3) is 89.7 Å². The SMILES string of the molecule is c1ccc(-c2nc(-c3ccccc3)nc(-c3ccc(-c4ccc5ccc(-c6cc7oc8cccnc8c7cn6)nc5c4)cc3)n2)cc1. The molecule has 5 heterocycles. The number of hydrogen-bond donors (Lipinski definition) is 0. The lowest BCUT2D eigenvalue weighted by atomic mass is 10.0. The molecule has 0 radical (unpaired) electrons. The summed E-state index contributed by atoms with van der Waals surface area (Å²) in [6, 6.07) is 44.4. The summed E-state index contributed by atoms with van der Waals surface area (Å²) < 4.78 is 6.04. The van der Waals surface area contributed by atoms with E-state index in [9.17, 15) is 0 Å². The summed E-state index contributed by atoms with van der Waals surface area (Å²) in [7, 11) is 0. The van der Waals surface area contributed by atoms with Crippen molar-refractivity contribution in [1.29, 1.82) is 0 Å². The van der Waals surface area contributed by atoms with Gasteiger partial charge in [0, 0.05) is 40.5 Å². The van der Waals surface area contributed by atoms with Gasteiger partial charge in [-0.25, -0.2) is 19.9 Å². The lowest BCUT2D eigenvalue weighted by Gasteiger charge is -2.09. The van der Waals surface area contributed by atoms with E-state index in [1.165, 1.54) is 0 Å². The molecule has 0 N–H and O–H groups in total. The second kappa shape index (κ2) is 11.1. The van der Waals surface area contributed by atoms with E-state index in [-0.39, 0.29) is 0 Å². The fourth-order valence-corrected chi connectivity index (χ4v) is 5.82. The highest BCUT2D eigenvalue weighted by Crippen LogP contribution is 2.31. The molecular weight excluding hydrogens is 580 g/mol. The molecule has 5 aromatic heterocycles. The van der Waals surface area contributed by atoms with Gasteiger partial charge in [-0.2, -0.15) is 0 Å². The first kappa shape index (κ1) is 26.8. The van der Waals surface area contributed by atoms with Crippen molar-refractivity contribution in [3.05, 3.63) is 146 Å². The van der Waals surface area contributed by atoms with Crippen molar-refractivity contribution < 1.29 is 4.42 Å². The van der Waals surface area contributed by atoms with Crippen LogP contribution >= 0.6 is 0 Å². The number of pyridine rings is 3. The zero-order valence-corrected chi connectivity index (χ0v) is 24.9. The summed E-state index contributed by atoms with van der Waals surface area (Å²) in [6.07, 6.45) is 3.57. The highest BCUT2D eigenvalue weighted by Gasteiger charge is 2.14. The highest BCUT2D eigenvalue weighted by molar-refractivity contribution is 6.02. The third-order valence-electron chi connectivity index (χ3n) is 8.24. The molecule has 0 bridgehead atoms. The lowest BCUT2D eigenvalue weighted by Crippen LogP contribution is -2.00. The molecule has 220 valence electrons. The van der Waals surface area contributed by atoms with Gasteiger partial charge in [-0.15, -0.1) is 0 Å². The first-order chi connectivity index (χ1) is 23.2. The normalized spacial score (nSPS) is 11.4. The molecular formula is C40H24N6O. The third kappa shape index (κ3) is 4.96. The Morgan fingerprint density at radius 1 is 0.426 bits per heavy atom. The van der Waals surface area contributed by atoms with Crippen molar-refractivity contribution in [3.63, 3.8) is 0 Å². The van der Waals surface area contributed by atoms with Gasteiger partial charge >= 0.3 is 0 Å². The molecule has 0 spiro atoms. The van der Waals surface area contributed by atoms with Crippen molar-refractivity contribution in [3.8, 4) is 56.7 Å². The Hall–Kier alpha value is -6.60. The molecule has 0 fully saturated rings. The monoisotopic (exact) mass is 604 g/mol. The van der Waals surface area contributed by atoms with Gasteiger partial charge in [-0.3, -0.25) is 9.97 Å². The van der Waals surface area contributed by atoms with Crippen LogP contribution in [0.4, 0.5) is 0 Å². The van der Waals surface area contributed by atoms with Crippen LogP contribution in [0.5, 0.6) is 0 Å². The second-order valence-corrected chi connectivity index (χ2v) is 11.2. The van der Waals surface area contributed by atoms with E-state index in [2.05, 4.69) is 53.5 Å². The molecule has 0 amide bonds. The predicted molar refractivity (Wildman–Crippen MR) is 185 cm³/mol. The fourth-order valence-electron chi connectivity index (χ4n) is 5.82. The second-order valence-electron chi connectivity index (χ2n) is 11.2. The Labute approximate surface area is 269 Å². The maximum atomic E-state index is 6.04. The molecule has 0 saturated carbocycles. The maximum Gasteiger partial charge on any atom is 0.164 e. The van der Waals surface area contributed by atoms with Crippen LogP contribution in [0.15, 0.2) is 150 Å². The van der Waals surface area contributed by atoms with Gasteiger partial charge in [-0.1, -0.05) is 103 Å². The van der Waals surface area contributed by atoms with E-state index < -0.39 is 0 Å². The number of nitrogens with zero attached hydrogens (tertiary/aromatic N) is 6. The van der Waals surface area contributed by atoms with Crippen LogP contribution in [-0.4, -0.2) is 29.9 Å². The predicted octanol–water partition coefficient (Wildman–Crippen LogP) is 9.44. The minimum absolute atomic E-state index is 0.624. The Bertz CT molecular complexity index is 2510. The van der Waals surface area contributed by atoms with Gasteiger partial charge in [0.15, 0.2) is 23.1 Å². The van der Waals surface area contributed by atoms with Crippen LogP contribution in [0.1, 0.15) is 0 Å². The Morgan fingerprint density at radius 2 is 1.04 bits per heavy atom. The van der Waals surface area contributed by atoms with E-state index in [1.54, 1.807) is 6.20 Å². The number of rotatable bonds is 5. The summed E-state index contributed by atoms with van der Waals surface area (Å²) in [4.78, 5) is 28.7. The van der Waals surface area contributed by atoms with E-state index in [1.807, 2.05) is 91.1 Å². The number of fused-ring (bicyclic) bond motifs is 4. The summed E-state index contributed by atoms with van der Waals surface area (Å²) in [5, 5.41) is 1.94. The molecule has 7 nitrogen and oxygen atoms in total. The summed E-state index contributed by atoms with van der Waals surface area (Å²) >= 11 is 0. The first-order valence-corrected chi connectivity index (χ1v) is 15.3. The molecule has 0 saturated heterocycles. The summed E-state index contributed by atoms with van der Waals surface area (Å²) in [6.45, 7) is 0. The maximum absolute atomic E-state index is 6.04. The van der Waals surface area contributed by atoms with Crippen molar-refractivity contribution in [1.82, 2.24) is 29.9 Å². The fraction of sp³-hybridized carbons (Fsp3) is 0. The van der Waals surface area contributed by atoms with Crippen LogP contribution in [0.3, 0.4) is 0 Å². The molecule has 0 unspecified atom stereocenters. The van der Waals surface area contributed by atoms with E-state index >= 15 is 0 Å². The molecule has 0 aliphatic carbocycles. The molecule has 47 heavy (non-hydrogen) atoms. The van der Waals surface area contributed by atoms with Crippen LogP contribution in [-0.2, 0) is 0 Å². The molecule has 0 aliphatic rings. The molecule has 0 atom stereocenters. The summed E-state index contributed by atoms with van der Waals surface area (Å²) in [5.41, 5.74) is 9.63. The van der Waals surface area contributed by atoms with Crippen molar-refractivity contribution in [2.45, 2.75) is 0 Å². The Balaban J connectivity index is 1.06. The number of aromatic nitrogens is 6. The van der Waals surface area contributed by atoms with Crippen molar-refractivity contribution in [2.75, 3.05) is 0 Å².